The zero-order valence-electron chi connectivity index (χ0n) is 30.7. The highest BCUT2D eigenvalue weighted by molar-refractivity contribution is 6.21. The van der Waals surface area contributed by atoms with E-state index in [1.54, 1.807) is 0 Å². The van der Waals surface area contributed by atoms with Gasteiger partial charge in [0.25, 0.3) is 0 Å². The number of nitrogens with zero attached hydrogens (tertiary/aromatic N) is 4. The third kappa shape index (κ3) is 10.3. The lowest BCUT2D eigenvalue weighted by molar-refractivity contribution is 0.227. The molecule has 0 bridgehead atoms. The Kier molecular flexibility index (Phi) is 16.8. The summed E-state index contributed by atoms with van der Waals surface area (Å²) in [5, 5.41) is 21.0. The number of aliphatic imine (C=N–C) groups is 2. The minimum Gasteiger partial charge on any atom is -0.354 e. The van der Waals surface area contributed by atoms with E-state index in [0.29, 0.717) is 0 Å². The van der Waals surface area contributed by atoms with Gasteiger partial charge < -0.3 is 10.6 Å². The highest BCUT2D eigenvalue weighted by Gasteiger charge is 2.33. The van der Waals surface area contributed by atoms with Crippen LogP contribution in [0.15, 0.2) is 68.7 Å². The normalized spacial score (nSPS) is 16.6. The van der Waals surface area contributed by atoms with Crippen LogP contribution in [0.1, 0.15) is 116 Å². The van der Waals surface area contributed by atoms with E-state index in [1.807, 2.05) is 12.4 Å². The van der Waals surface area contributed by atoms with Gasteiger partial charge in [0, 0.05) is 35.0 Å². The first-order chi connectivity index (χ1) is 23.6. The van der Waals surface area contributed by atoms with Crippen molar-refractivity contribution in [3.63, 3.8) is 0 Å². The minimum atomic E-state index is 0. The molecule has 0 spiro atoms. The van der Waals surface area contributed by atoms with Crippen molar-refractivity contribution < 1.29 is 0 Å². The topological polar surface area (TPSA) is 97.6 Å². The molecule has 10 heteroatoms. The van der Waals surface area contributed by atoms with E-state index < -0.39 is 0 Å². The average molecular weight is 724 g/mol. The van der Waals surface area contributed by atoms with Crippen LogP contribution < -0.4 is 21.5 Å². The fourth-order valence-corrected chi connectivity index (χ4v) is 7.33. The van der Waals surface area contributed by atoms with Crippen molar-refractivity contribution in [1.82, 2.24) is 21.5 Å². The van der Waals surface area contributed by atoms with Crippen LogP contribution >= 0.6 is 24.8 Å². The fourth-order valence-electron chi connectivity index (χ4n) is 7.33. The summed E-state index contributed by atoms with van der Waals surface area (Å²) in [6, 6.07) is 17.0. The van der Waals surface area contributed by atoms with Crippen LogP contribution in [0.5, 0.6) is 0 Å². The van der Waals surface area contributed by atoms with Crippen LogP contribution in [0.4, 0.5) is 0 Å². The smallest absolute Gasteiger partial charge is 0.212 e. The predicted molar refractivity (Wildman–Crippen MR) is 221 cm³/mol. The SMILES string of the molecule is CCCCC1(CCCC)CN=C(N/N=C/c2c3ccccc3c(/C=N/NC3=NCC(CCCC)(CCCC)CN3)c3ccccc23)NC1.Cl.Cl. The number of nitrogens with one attached hydrogen (secondary N) is 4. The van der Waals surface area contributed by atoms with Crippen LogP contribution in [0.3, 0.4) is 0 Å². The second-order valence-electron chi connectivity index (χ2n) is 14.1. The monoisotopic (exact) mass is 722 g/mol. The molecule has 0 aromatic heterocycles. The van der Waals surface area contributed by atoms with Gasteiger partial charge in [0.15, 0.2) is 0 Å². The summed E-state index contributed by atoms with van der Waals surface area (Å²) >= 11 is 0. The number of fused-ring (bicyclic) bond motifs is 2. The number of rotatable bonds is 16. The summed E-state index contributed by atoms with van der Waals surface area (Å²) in [6.07, 6.45) is 18.7. The highest BCUT2D eigenvalue weighted by Crippen LogP contribution is 2.34. The maximum absolute atomic E-state index is 4.91. The first-order valence-corrected chi connectivity index (χ1v) is 18.6. The van der Waals surface area contributed by atoms with Crippen molar-refractivity contribution in [3.05, 3.63) is 59.7 Å². The summed E-state index contributed by atoms with van der Waals surface area (Å²) in [4.78, 5) is 9.81. The van der Waals surface area contributed by atoms with Crippen LogP contribution in [0, 0.1) is 10.8 Å². The Morgan fingerprint density at radius 3 is 1.16 bits per heavy atom. The Labute approximate surface area is 312 Å². The van der Waals surface area contributed by atoms with Gasteiger partial charge in [0.2, 0.25) is 11.9 Å². The zero-order valence-corrected chi connectivity index (χ0v) is 32.3. The van der Waals surface area contributed by atoms with Crippen molar-refractivity contribution in [1.29, 1.82) is 0 Å². The lowest BCUT2D eigenvalue weighted by Crippen LogP contribution is -2.48. The van der Waals surface area contributed by atoms with Gasteiger partial charge in [0.1, 0.15) is 0 Å². The Balaban J connectivity index is 0.00000338. The Bertz CT molecular complexity index is 1420. The molecule has 0 saturated heterocycles. The van der Waals surface area contributed by atoms with E-state index in [1.165, 1.54) is 77.0 Å². The predicted octanol–water partition coefficient (Wildman–Crippen LogP) is 9.34. The van der Waals surface area contributed by atoms with Crippen molar-refractivity contribution in [2.24, 2.45) is 31.0 Å². The van der Waals surface area contributed by atoms with Crippen molar-refractivity contribution in [2.75, 3.05) is 26.2 Å². The van der Waals surface area contributed by atoms with E-state index in [2.05, 4.69) is 97.7 Å². The molecule has 2 aliphatic rings. The molecule has 2 heterocycles. The largest absolute Gasteiger partial charge is 0.354 e. The molecule has 0 fully saturated rings. The summed E-state index contributed by atoms with van der Waals surface area (Å²) in [7, 11) is 0. The van der Waals surface area contributed by atoms with Crippen LogP contribution in [0.25, 0.3) is 21.5 Å². The van der Waals surface area contributed by atoms with Gasteiger partial charge in [-0.3, -0.25) is 9.98 Å². The lowest BCUT2D eigenvalue weighted by Gasteiger charge is -2.36. The lowest BCUT2D eigenvalue weighted by atomic mass is 9.77. The number of unbranched alkanes of at least 4 members (excludes halogenated alkanes) is 4. The molecule has 0 unspecified atom stereocenters. The highest BCUT2D eigenvalue weighted by atomic mass is 35.5. The van der Waals surface area contributed by atoms with Crippen LogP contribution in [-0.4, -0.2) is 50.5 Å². The third-order valence-electron chi connectivity index (χ3n) is 10.4. The van der Waals surface area contributed by atoms with Gasteiger partial charge in [-0.15, -0.1) is 24.8 Å². The number of hydrogen-bond acceptors (Lipinski definition) is 8. The maximum atomic E-state index is 4.91. The first kappa shape index (κ1) is 41.1. The second kappa shape index (κ2) is 20.5. The van der Waals surface area contributed by atoms with Crippen molar-refractivity contribution in [2.45, 2.75) is 105 Å². The minimum absolute atomic E-state index is 0. The molecule has 5 rings (SSSR count). The van der Waals surface area contributed by atoms with Crippen molar-refractivity contribution >= 4 is 70.7 Å². The molecular formula is C40H60Cl2N8. The molecule has 0 saturated carbocycles. The van der Waals surface area contributed by atoms with E-state index in [9.17, 15) is 0 Å². The molecule has 0 atom stereocenters. The van der Waals surface area contributed by atoms with E-state index in [-0.39, 0.29) is 35.6 Å². The molecular weight excluding hydrogens is 663 g/mol. The second-order valence-corrected chi connectivity index (χ2v) is 14.1. The summed E-state index contributed by atoms with van der Waals surface area (Å²) < 4.78 is 0. The van der Waals surface area contributed by atoms with Gasteiger partial charge >= 0.3 is 0 Å². The molecule has 3 aromatic carbocycles. The quantitative estimate of drug-likeness (QED) is 0.0673. The molecule has 0 radical (unpaired) electrons. The zero-order chi connectivity index (χ0) is 33.7. The standard InChI is InChI=1S/C40H58N8.2ClH/c1-5-9-21-39(22-10-6-2)27-41-37(42-28-39)47-45-25-35-31-17-13-15-19-33(31)36(34-20-16-14-18-32(34)35)26-46-48-38-43-29-40(30-44-38,23-11-7-3)24-12-8-4;;/h13-20,25-26H,5-12,21-24,27-30H2,1-4H3,(H2,41,42,47)(H2,43,44,48);2*1H/b45-25+,46-26+;;. The van der Waals surface area contributed by atoms with Crippen molar-refractivity contribution in [3.8, 4) is 0 Å². The van der Waals surface area contributed by atoms with Gasteiger partial charge in [-0.2, -0.15) is 10.2 Å². The summed E-state index contributed by atoms with van der Waals surface area (Å²) in [5.41, 5.74) is 9.09. The Hall–Kier alpha value is -3.36. The summed E-state index contributed by atoms with van der Waals surface area (Å²) in [5.74, 6) is 1.51. The Morgan fingerprint density at radius 2 is 0.900 bits per heavy atom. The number of hydrazone groups is 2. The van der Waals surface area contributed by atoms with Gasteiger partial charge in [0.05, 0.1) is 25.5 Å². The number of benzene rings is 3. The molecule has 50 heavy (non-hydrogen) atoms. The number of hydrogen-bond donors (Lipinski definition) is 4. The molecule has 2 aliphatic heterocycles. The van der Waals surface area contributed by atoms with Gasteiger partial charge in [-0.05, 0) is 47.2 Å². The average Bonchev–Trinajstić information content (AvgIpc) is 3.13. The van der Waals surface area contributed by atoms with Crippen LogP contribution in [0.2, 0.25) is 0 Å². The fraction of sp³-hybridized carbons (Fsp3) is 0.550. The molecule has 8 nitrogen and oxygen atoms in total. The van der Waals surface area contributed by atoms with Gasteiger partial charge in [-0.25, -0.2) is 10.9 Å². The van der Waals surface area contributed by atoms with E-state index in [0.717, 1.165) is 70.8 Å². The number of halogens is 2. The maximum Gasteiger partial charge on any atom is 0.212 e. The number of guanidine groups is 2. The Morgan fingerprint density at radius 1 is 0.580 bits per heavy atom. The molecule has 4 N–H and O–H groups in total. The van der Waals surface area contributed by atoms with E-state index >= 15 is 0 Å². The molecule has 274 valence electrons. The molecule has 3 aromatic rings. The van der Waals surface area contributed by atoms with Gasteiger partial charge in [-0.1, -0.05) is 128 Å². The third-order valence-corrected chi connectivity index (χ3v) is 10.4. The first-order valence-electron chi connectivity index (χ1n) is 18.6. The molecule has 0 aliphatic carbocycles. The van der Waals surface area contributed by atoms with Crippen LogP contribution in [-0.2, 0) is 0 Å². The summed E-state index contributed by atoms with van der Waals surface area (Å²) in [6.45, 7) is 12.7. The molecule has 0 amide bonds. The van der Waals surface area contributed by atoms with E-state index in [4.69, 9.17) is 20.2 Å².